The van der Waals surface area contributed by atoms with Crippen molar-refractivity contribution in [1.82, 2.24) is 10.2 Å². The van der Waals surface area contributed by atoms with Crippen molar-refractivity contribution in [2.45, 2.75) is 0 Å². The summed E-state index contributed by atoms with van der Waals surface area (Å²) < 4.78 is 0. The molecule has 0 unspecified atom stereocenters. The van der Waals surface area contributed by atoms with Gasteiger partial charge in [-0.25, -0.2) is 0 Å². The van der Waals surface area contributed by atoms with Gasteiger partial charge in [0.15, 0.2) is 11.0 Å². The number of nitrogens with one attached hydrogen (secondary N) is 1. The Morgan fingerprint density at radius 2 is 2.33 bits per heavy atom. The van der Waals surface area contributed by atoms with Crippen molar-refractivity contribution >= 4 is 23.3 Å². The lowest BCUT2D eigenvalue weighted by Crippen LogP contribution is -2.14. The van der Waals surface area contributed by atoms with E-state index in [4.69, 9.17) is 17.3 Å². The van der Waals surface area contributed by atoms with Gasteiger partial charge in [0.25, 0.3) is 5.91 Å². The van der Waals surface area contributed by atoms with Crippen LogP contribution in [0, 0.1) is 0 Å². The number of hydrogen-bond acceptors (Lipinski definition) is 4. The monoisotopic (exact) mass is 186 g/mol. The molecule has 64 valence electrons. The van der Waals surface area contributed by atoms with Crippen molar-refractivity contribution in [3.05, 3.63) is 16.8 Å². The van der Waals surface area contributed by atoms with Crippen LogP contribution in [0.4, 0.5) is 5.82 Å². The Balaban J connectivity index is 3.21. The summed E-state index contributed by atoms with van der Waals surface area (Å²) in [5.74, 6) is -0.261. The van der Waals surface area contributed by atoms with Crippen LogP contribution in [-0.2, 0) is 0 Å². The van der Waals surface area contributed by atoms with E-state index in [1.165, 1.54) is 6.07 Å². The number of primary amides is 1. The fourth-order valence-electron chi connectivity index (χ4n) is 0.740. The van der Waals surface area contributed by atoms with Gasteiger partial charge in [0, 0.05) is 7.05 Å². The number of carbonyl (C=O) groups is 1. The first-order chi connectivity index (χ1) is 5.65. The minimum Gasteiger partial charge on any atom is -0.371 e. The zero-order valence-electron chi connectivity index (χ0n) is 6.34. The number of carbonyl (C=O) groups excluding carboxylic acids is 1. The molecule has 1 heterocycles. The fraction of sp³-hybridized carbons (Fsp3) is 0.167. The van der Waals surface area contributed by atoms with Crippen LogP contribution in [0.3, 0.4) is 0 Å². The first kappa shape index (κ1) is 8.73. The number of amides is 1. The maximum absolute atomic E-state index is 10.8. The summed E-state index contributed by atoms with van der Waals surface area (Å²) in [5.41, 5.74) is 5.29. The molecule has 1 aromatic rings. The summed E-state index contributed by atoms with van der Waals surface area (Å²) >= 11 is 5.51. The highest BCUT2D eigenvalue weighted by atomic mass is 35.5. The maximum atomic E-state index is 10.8. The second-order valence-corrected chi connectivity index (χ2v) is 2.43. The van der Waals surface area contributed by atoms with E-state index in [1.54, 1.807) is 7.05 Å². The topological polar surface area (TPSA) is 80.9 Å². The average molecular weight is 187 g/mol. The molecule has 0 aromatic carbocycles. The minimum absolute atomic E-state index is 0.141. The second kappa shape index (κ2) is 3.36. The van der Waals surface area contributed by atoms with Crippen LogP contribution in [0.15, 0.2) is 6.07 Å². The molecule has 1 amide bonds. The van der Waals surface area contributed by atoms with Crippen molar-refractivity contribution in [1.29, 1.82) is 0 Å². The summed E-state index contributed by atoms with van der Waals surface area (Å²) in [6, 6.07) is 1.36. The Hall–Kier alpha value is -1.36. The molecule has 12 heavy (non-hydrogen) atoms. The Bertz CT molecular complexity index is 314. The van der Waals surface area contributed by atoms with E-state index in [2.05, 4.69) is 15.5 Å². The number of anilines is 1. The summed E-state index contributed by atoms with van der Waals surface area (Å²) in [6.45, 7) is 0. The molecule has 1 aromatic heterocycles. The highest BCUT2D eigenvalue weighted by Crippen LogP contribution is 2.13. The van der Waals surface area contributed by atoms with Crippen LogP contribution in [-0.4, -0.2) is 23.2 Å². The van der Waals surface area contributed by atoms with E-state index in [1.807, 2.05) is 0 Å². The molecule has 0 aliphatic carbocycles. The second-order valence-electron chi connectivity index (χ2n) is 2.04. The summed E-state index contributed by atoms with van der Waals surface area (Å²) in [5, 5.41) is 9.97. The van der Waals surface area contributed by atoms with Gasteiger partial charge >= 0.3 is 0 Å². The van der Waals surface area contributed by atoms with Gasteiger partial charge in [-0.3, -0.25) is 4.79 Å². The summed E-state index contributed by atoms with van der Waals surface area (Å²) in [6.07, 6.45) is 0. The van der Waals surface area contributed by atoms with Crippen molar-refractivity contribution in [2.24, 2.45) is 5.73 Å². The number of halogens is 1. The van der Waals surface area contributed by atoms with Gasteiger partial charge in [-0.15, -0.1) is 10.2 Å². The predicted molar refractivity (Wildman–Crippen MR) is 45.1 cm³/mol. The average Bonchev–Trinajstić information content (AvgIpc) is 2.04. The smallest absolute Gasteiger partial charge is 0.252 e. The largest absolute Gasteiger partial charge is 0.371 e. The van der Waals surface area contributed by atoms with Crippen LogP contribution in [0.25, 0.3) is 0 Å². The van der Waals surface area contributed by atoms with Gasteiger partial charge in [-0.05, 0) is 6.07 Å². The third-order valence-electron chi connectivity index (χ3n) is 1.27. The van der Waals surface area contributed by atoms with Gasteiger partial charge in [0.05, 0.1) is 5.56 Å². The summed E-state index contributed by atoms with van der Waals surface area (Å²) in [7, 11) is 1.62. The third kappa shape index (κ3) is 1.62. The van der Waals surface area contributed by atoms with E-state index in [9.17, 15) is 4.79 Å². The molecule has 0 atom stereocenters. The van der Waals surface area contributed by atoms with Crippen LogP contribution >= 0.6 is 11.6 Å². The Morgan fingerprint density at radius 1 is 1.67 bits per heavy atom. The quantitative estimate of drug-likeness (QED) is 0.695. The van der Waals surface area contributed by atoms with Crippen molar-refractivity contribution < 1.29 is 4.79 Å². The molecule has 3 N–H and O–H groups in total. The fourth-order valence-corrected chi connectivity index (χ4v) is 0.887. The molecule has 0 aliphatic rings. The van der Waals surface area contributed by atoms with Crippen molar-refractivity contribution in [3.8, 4) is 0 Å². The van der Waals surface area contributed by atoms with E-state index in [-0.39, 0.29) is 10.7 Å². The molecule has 0 saturated heterocycles. The van der Waals surface area contributed by atoms with E-state index >= 15 is 0 Å². The molecule has 0 fully saturated rings. The standard InChI is InChI=1S/C6H7ClN4O/c1-9-6-3(5(8)12)2-4(7)10-11-6/h2H,1H3,(H2,8,12)(H,9,11). The molecular formula is C6H7ClN4O. The minimum atomic E-state index is -0.587. The highest BCUT2D eigenvalue weighted by molar-refractivity contribution is 6.29. The highest BCUT2D eigenvalue weighted by Gasteiger charge is 2.09. The van der Waals surface area contributed by atoms with Crippen LogP contribution < -0.4 is 11.1 Å². The Morgan fingerprint density at radius 3 is 2.83 bits per heavy atom. The molecule has 6 heteroatoms. The lowest BCUT2D eigenvalue weighted by molar-refractivity contribution is 0.100. The maximum Gasteiger partial charge on any atom is 0.252 e. The SMILES string of the molecule is CNc1nnc(Cl)cc1C(N)=O. The van der Waals surface area contributed by atoms with E-state index < -0.39 is 5.91 Å². The lowest BCUT2D eigenvalue weighted by Gasteiger charge is -2.02. The Labute approximate surface area is 73.9 Å². The van der Waals surface area contributed by atoms with Crippen molar-refractivity contribution in [2.75, 3.05) is 12.4 Å². The molecule has 0 aliphatic heterocycles. The molecule has 1 rings (SSSR count). The lowest BCUT2D eigenvalue weighted by atomic mass is 10.3. The first-order valence-corrected chi connectivity index (χ1v) is 3.53. The number of nitrogens with zero attached hydrogens (tertiary/aromatic N) is 2. The normalized spacial score (nSPS) is 9.50. The number of nitrogens with two attached hydrogens (primary N) is 1. The zero-order chi connectivity index (χ0) is 9.14. The number of rotatable bonds is 2. The van der Waals surface area contributed by atoms with Gasteiger partial charge in [0.2, 0.25) is 0 Å². The van der Waals surface area contributed by atoms with Crippen LogP contribution in [0.1, 0.15) is 10.4 Å². The predicted octanol–water partition coefficient (Wildman–Crippen LogP) is 0.271. The molecule has 5 nitrogen and oxygen atoms in total. The van der Waals surface area contributed by atoms with E-state index in [0.29, 0.717) is 5.82 Å². The molecule has 0 saturated carbocycles. The van der Waals surface area contributed by atoms with Gasteiger partial charge < -0.3 is 11.1 Å². The molecular weight excluding hydrogens is 180 g/mol. The van der Waals surface area contributed by atoms with Gasteiger partial charge in [0.1, 0.15) is 0 Å². The van der Waals surface area contributed by atoms with Gasteiger partial charge in [-0.2, -0.15) is 0 Å². The first-order valence-electron chi connectivity index (χ1n) is 3.16. The van der Waals surface area contributed by atoms with E-state index in [0.717, 1.165) is 0 Å². The molecule has 0 bridgehead atoms. The molecule has 0 spiro atoms. The summed E-state index contributed by atoms with van der Waals surface area (Å²) in [4.78, 5) is 10.8. The third-order valence-corrected chi connectivity index (χ3v) is 1.45. The number of hydrogen-bond donors (Lipinski definition) is 2. The van der Waals surface area contributed by atoms with Crippen LogP contribution in [0.5, 0.6) is 0 Å². The Kier molecular flexibility index (Phi) is 2.44. The van der Waals surface area contributed by atoms with Crippen LogP contribution in [0.2, 0.25) is 5.15 Å². The van der Waals surface area contributed by atoms with Gasteiger partial charge in [-0.1, -0.05) is 11.6 Å². The zero-order valence-corrected chi connectivity index (χ0v) is 7.09. The molecule has 0 radical (unpaired) electrons. The van der Waals surface area contributed by atoms with Crippen molar-refractivity contribution in [3.63, 3.8) is 0 Å². The number of aromatic nitrogens is 2.